The van der Waals surface area contributed by atoms with E-state index in [1.807, 2.05) is 73.7 Å². The summed E-state index contributed by atoms with van der Waals surface area (Å²) in [6.07, 6.45) is 3.55. The number of anilines is 1. The van der Waals surface area contributed by atoms with E-state index in [0.29, 0.717) is 5.69 Å². The SMILES string of the molecule is C[C@]12C=C[C@H](O1)[C@@H]1C(=O)N(c3ccccc3-c3ccccc3)C(=O)[C@@H]12. The monoisotopic (exact) mass is 331 g/mol. The lowest BCUT2D eigenvalue weighted by Gasteiger charge is -2.25. The number of carbonyl (C=O) groups is 2. The summed E-state index contributed by atoms with van der Waals surface area (Å²) in [6, 6.07) is 17.4. The van der Waals surface area contributed by atoms with E-state index in [9.17, 15) is 9.59 Å². The number of benzene rings is 2. The van der Waals surface area contributed by atoms with Crippen LogP contribution in [0.5, 0.6) is 0 Å². The number of nitrogens with zero attached hydrogens (tertiary/aromatic N) is 1. The zero-order chi connectivity index (χ0) is 17.2. The van der Waals surface area contributed by atoms with Crippen LogP contribution in [0, 0.1) is 11.8 Å². The number of ether oxygens (including phenoxy) is 1. The van der Waals surface area contributed by atoms with Crippen molar-refractivity contribution >= 4 is 17.5 Å². The lowest BCUT2D eigenvalue weighted by Crippen LogP contribution is -2.38. The number of hydrogen-bond acceptors (Lipinski definition) is 3. The second kappa shape index (κ2) is 4.90. The van der Waals surface area contributed by atoms with Crippen LogP contribution in [0.1, 0.15) is 6.92 Å². The molecule has 0 N–H and O–H groups in total. The number of amides is 2. The van der Waals surface area contributed by atoms with E-state index in [4.69, 9.17) is 4.74 Å². The summed E-state index contributed by atoms with van der Waals surface area (Å²) in [5.41, 5.74) is 1.86. The zero-order valence-corrected chi connectivity index (χ0v) is 13.8. The Morgan fingerprint density at radius 2 is 1.68 bits per heavy atom. The van der Waals surface area contributed by atoms with E-state index in [1.165, 1.54) is 4.90 Å². The summed E-state index contributed by atoms with van der Waals surface area (Å²) in [4.78, 5) is 27.6. The lowest BCUT2D eigenvalue weighted by molar-refractivity contribution is -0.126. The molecule has 0 aliphatic carbocycles. The molecule has 25 heavy (non-hydrogen) atoms. The van der Waals surface area contributed by atoms with Crippen LogP contribution in [-0.2, 0) is 14.3 Å². The Hall–Kier alpha value is -2.72. The highest BCUT2D eigenvalue weighted by molar-refractivity contribution is 6.24. The van der Waals surface area contributed by atoms with Crippen LogP contribution in [0.15, 0.2) is 66.7 Å². The quantitative estimate of drug-likeness (QED) is 0.627. The molecular formula is C21H17NO3. The van der Waals surface area contributed by atoms with Gasteiger partial charge in [-0.25, -0.2) is 4.90 Å². The van der Waals surface area contributed by atoms with Crippen molar-refractivity contribution in [2.75, 3.05) is 4.90 Å². The molecule has 4 nitrogen and oxygen atoms in total. The van der Waals surface area contributed by atoms with Gasteiger partial charge in [0.1, 0.15) is 0 Å². The van der Waals surface area contributed by atoms with E-state index >= 15 is 0 Å². The standard InChI is InChI=1S/C21H17NO3/c1-21-12-11-16(25-21)17-18(21)20(24)22(19(17)23)15-10-6-5-9-14(15)13-7-3-2-4-8-13/h2-12,16-18H,1H3/t16-,17-,18+,21+/m0/s1. The first-order chi connectivity index (χ1) is 12.1. The molecule has 2 fully saturated rings. The van der Waals surface area contributed by atoms with Crippen LogP contribution in [0.4, 0.5) is 5.69 Å². The highest BCUT2D eigenvalue weighted by Crippen LogP contribution is 2.52. The predicted molar refractivity (Wildman–Crippen MR) is 93.8 cm³/mol. The predicted octanol–water partition coefficient (Wildman–Crippen LogP) is 3.19. The molecule has 0 radical (unpaired) electrons. The zero-order valence-electron chi connectivity index (χ0n) is 13.8. The fourth-order valence-corrected chi connectivity index (χ4v) is 4.42. The Labute approximate surface area is 145 Å². The molecule has 4 heteroatoms. The average molecular weight is 331 g/mol. The van der Waals surface area contributed by atoms with E-state index in [-0.39, 0.29) is 17.9 Å². The third-order valence-electron chi connectivity index (χ3n) is 5.56. The van der Waals surface area contributed by atoms with E-state index in [2.05, 4.69) is 0 Å². The fourth-order valence-electron chi connectivity index (χ4n) is 4.42. The van der Waals surface area contributed by atoms with Crippen LogP contribution in [0.25, 0.3) is 11.1 Å². The van der Waals surface area contributed by atoms with Crippen molar-refractivity contribution in [2.45, 2.75) is 18.6 Å². The summed E-state index contributed by atoms with van der Waals surface area (Å²) in [6.45, 7) is 1.89. The van der Waals surface area contributed by atoms with Crippen LogP contribution in [0.2, 0.25) is 0 Å². The largest absolute Gasteiger partial charge is 0.362 e. The first-order valence-corrected chi connectivity index (χ1v) is 8.49. The number of rotatable bonds is 2. The third-order valence-corrected chi connectivity index (χ3v) is 5.56. The first kappa shape index (κ1) is 14.6. The number of carbonyl (C=O) groups excluding carboxylic acids is 2. The third kappa shape index (κ3) is 1.86. The minimum absolute atomic E-state index is 0.156. The van der Waals surface area contributed by atoms with Crippen molar-refractivity contribution in [3.8, 4) is 11.1 Å². The highest BCUT2D eigenvalue weighted by atomic mass is 16.5. The van der Waals surface area contributed by atoms with Gasteiger partial charge in [0.05, 0.1) is 29.2 Å². The Kier molecular flexibility index (Phi) is 2.86. The topological polar surface area (TPSA) is 46.6 Å². The summed E-state index contributed by atoms with van der Waals surface area (Å²) in [5, 5.41) is 0. The van der Waals surface area contributed by atoms with Crippen molar-refractivity contribution in [1.82, 2.24) is 0 Å². The van der Waals surface area contributed by atoms with Gasteiger partial charge in [-0.3, -0.25) is 9.59 Å². The molecule has 2 aromatic rings. The van der Waals surface area contributed by atoms with Crippen molar-refractivity contribution < 1.29 is 14.3 Å². The van der Waals surface area contributed by atoms with Crippen LogP contribution < -0.4 is 4.90 Å². The maximum Gasteiger partial charge on any atom is 0.241 e. The maximum atomic E-state index is 13.2. The Bertz CT molecular complexity index is 920. The average Bonchev–Trinajstić information content (AvgIpc) is 3.24. The fraction of sp³-hybridized carbons (Fsp3) is 0.238. The number of imide groups is 1. The van der Waals surface area contributed by atoms with Crippen molar-refractivity contribution in [3.63, 3.8) is 0 Å². The maximum absolute atomic E-state index is 13.2. The number of hydrogen-bond donors (Lipinski definition) is 0. The van der Waals surface area contributed by atoms with Gasteiger partial charge in [-0.05, 0) is 18.6 Å². The van der Waals surface area contributed by atoms with Crippen LogP contribution >= 0.6 is 0 Å². The molecule has 2 bridgehead atoms. The van der Waals surface area contributed by atoms with Gasteiger partial charge < -0.3 is 4.74 Å². The van der Waals surface area contributed by atoms with Gasteiger partial charge >= 0.3 is 0 Å². The summed E-state index contributed by atoms with van der Waals surface area (Å²) in [5.74, 6) is -1.16. The minimum atomic E-state index is -0.668. The summed E-state index contributed by atoms with van der Waals surface area (Å²) in [7, 11) is 0. The summed E-state index contributed by atoms with van der Waals surface area (Å²) >= 11 is 0. The van der Waals surface area contributed by atoms with Gasteiger partial charge in [-0.2, -0.15) is 0 Å². The number of fused-ring (bicyclic) bond motifs is 5. The van der Waals surface area contributed by atoms with E-state index < -0.39 is 17.4 Å². The van der Waals surface area contributed by atoms with Crippen LogP contribution in [0.3, 0.4) is 0 Å². The molecule has 4 atom stereocenters. The second-order valence-electron chi connectivity index (χ2n) is 7.02. The lowest BCUT2D eigenvalue weighted by atomic mass is 9.78. The molecular weight excluding hydrogens is 314 g/mol. The van der Waals surface area contributed by atoms with Gasteiger partial charge in [-0.1, -0.05) is 60.7 Å². The molecule has 0 unspecified atom stereocenters. The first-order valence-electron chi connectivity index (χ1n) is 8.49. The molecule has 2 saturated heterocycles. The molecule has 0 aromatic heterocycles. The Morgan fingerprint density at radius 3 is 2.44 bits per heavy atom. The van der Waals surface area contributed by atoms with Gasteiger partial charge in [0.2, 0.25) is 11.8 Å². The van der Waals surface area contributed by atoms with Gasteiger partial charge in [-0.15, -0.1) is 0 Å². The molecule has 3 aliphatic rings. The second-order valence-corrected chi connectivity index (χ2v) is 7.02. The molecule has 2 amide bonds. The Balaban J connectivity index is 1.63. The molecule has 5 rings (SSSR count). The van der Waals surface area contributed by atoms with Gasteiger partial charge in [0.25, 0.3) is 0 Å². The van der Waals surface area contributed by atoms with Crippen LogP contribution in [-0.4, -0.2) is 23.5 Å². The molecule has 3 heterocycles. The molecule has 3 aliphatic heterocycles. The molecule has 2 aromatic carbocycles. The minimum Gasteiger partial charge on any atom is -0.362 e. The summed E-state index contributed by atoms with van der Waals surface area (Å²) < 4.78 is 5.89. The number of para-hydroxylation sites is 1. The van der Waals surface area contributed by atoms with E-state index in [1.54, 1.807) is 0 Å². The van der Waals surface area contributed by atoms with Crippen molar-refractivity contribution in [1.29, 1.82) is 0 Å². The molecule has 124 valence electrons. The molecule has 0 saturated carbocycles. The molecule has 0 spiro atoms. The van der Waals surface area contributed by atoms with E-state index in [0.717, 1.165) is 11.1 Å². The Morgan fingerprint density at radius 1 is 0.960 bits per heavy atom. The van der Waals surface area contributed by atoms with Gasteiger partial charge in [0.15, 0.2) is 0 Å². The van der Waals surface area contributed by atoms with Crippen molar-refractivity contribution in [2.24, 2.45) is 11.8 Å². The van der Waals surface area contributed by atoms with Gasteiger partial charge in [0, 0.05) is 5.56 Å². The smallest absolute Gasteiger partial charge is 0.241 e. The normalized spacial score (nSPS) is 32.5. The van der Waals surface area contributed by atoms with Crippen molar-refractivity contribution in [3.05, 3.63) is 66.7 Å². The highest BCUT2D eigenvalue weighted by Gasteiger charge is 2.66.